The second-order valence-electron chi connectivity index (χ2n) is 8.56. The molecule has 2 saturated heterocycles. The summed E-state index contributed by atoms with van der Waals surface area (Å²) in [5.41, 5.74) is 0.625. The molecule has 0 aromatic carbocycles. The second kappa shape index (κ2) is 6.02. The zero-order valence-electron chi connectivity index (χ0n) is 14.5. The van der Waals surface area contributed by atoms with E-state index in [1.54, 1.807) is 0 Å². The van der Waals surface area contributed by atoms with Crippen molar-refractivity contribution in [2.45, 2.75) is 76.8 Å². The summed E-state index contributed by atoms with van der Waals surface area (Å²) < 4.78 is 17.0. The van der Waals surface area contributed by atoms with Crippen LogP contribution in [0.25, 0.3) is 0 Å². The van der Waals surface area contributed by atoms with E-state index in [1.807, 2.05) is 0 Å². The lowest BCUT2D eigenvalue weighted by atomic mass is 9.75. The minimum absolute atomic E-state index is 0.313. The highest BCUT2D eigenvalue weighted by Crippen LogP contribution is 2.47. The molecule has 2 saturated carbocycles. The summed E-state index contributed by atoms with van der Waals surface area (Å²) in [5.74, 6) is 0. The highest BCUT2D eigenvalue weighted by atomic mass is 16.6. The summed E-state index contributed by atoms with van der Waals surface area (Å²) in [7, 11) is 0. The largest absolute Gasteiger partial charge is 0.373 e. The van der Waals surface area contributed by atoms with E-state index in [9.17, 15) is 0 Å². The van der Waals surface area contributed by atoms with E-state index in [2.05, 4.69) is 38.2 Å². The molecule has 4 fully saturated rings. The van der Waals surface area contributed by atoms with Crippen molar-refractivity contribution in [2.75, 3.05) is 13.2 Å². The summed E-state index contributed by atoms with van der Waals surface area (Å²) >= 11 is 0. The fraction of sp³-hybridized carbons (Fsp3) is 0.800. The smallest absolute Gasteiger partial charge is 0.0850 e. The molecule has 0 aromatic rings. The molecule has 0 radical (unpaired) electrons. The van der Waals surface area contributed by atoms with Crippen LogP contribution < -0.4 is 0 Å². The number of fused-ring (bicyclic) bond motifs is 2. The minimum atomic E-state index is 0.313. The third kappa shape index (κ3) is 3.89. The Labute approximate surface area is 140 Å². The molecule has 0 amide bonds. The lowest BCUT2D eigenvalue weighted by Crippen LogP contribution is -2.22. The van der Waals surface area contributed by atoms with Crippen molar-refractivity contribution in [1.82, 2.24) is 0 Å². The molecule has 3 nitrogen and oxygen atoms in total. The van der Waals surface area contributed by atoms with Crippen molar-refractivity contribution < 1.29 is 14.2 Å². The Morgan fingerprint density at radius 2 is 1.30 bits per heavy atom. The standard InChI is InChI=1S/C20H30O3/c1-19(9-5-15-17(13-19)22-15)7-3-11-21-12-4-8-20(2)10-6-16-18(14-20)23-16/h3-4,7-8,15-18H,5-6,9-14H2,1-2H3. The van der Waals surface area contributed by atoms with Crippen LogP contribution in [0.1, 0.15) is 52.4 Å². The lowest BCUT2D eigenvalue weighted by molar-refractivity contribution is 0.190. The molecule has 2 aliphatic carbocycles. The maximum absolute atomic E-state index is 5.74. The van der Waals surface area contributed by atoms with E-state index in [-0.39, 0.29) is 0 Å². The predicted octanol–water partition coefficient (Wildman–Crippen LogP) is 4.03. The Hall–Kier alpha value is -0.640. The first-order valence-electron chi connectivity index (χ1n) is 9.29. The monoisotopic (exact) mass is 318 g/mol. The van der Waals surface area contributed by atoms with E-state index in [0.29, 0.717) is 48.5 Å². The Morgan fingerprint density at radius 3 is 1.74 bits per heavy atom. The normalized spacial score (nSPS) is 48.4. The first-order chi connectivity index (χ1) is 11.1. The third-order valence-electron chi connectivity index (χ3n) is 6.18. The Balaban J connectivity index is 1.14. The van der Waals surface area contributed by atoms with Crippen molar-refractivity contribution in [3.05, 3.63) is 24.3 Å². The van der Waals surface area contributed by atoms with Crippen molar-refractivity contribution in [3.63, 3.8) is 0 Å². The van der Waals surface area contributed by atoms with Gasteiger partial charge in [-0.05, 0) is 49.4 Å². The average Bonchev–Trinajstić information content (AvgIpc) is 3.40. The Morgan fingerprint density at radius 1 is 0.826 bits per heavy atom. The lowest BCUT2D eigenvalue weighted by Gasteiger charge is -2.28. The molecule has 3 heteroatoms. The fourth-order valence-corrected chi connectivity index (χ4v) is 4.46. The van der Waals surface area contributed by atoms with E-state index in [0.717, 1.165) is 0 Å². The van der Waals surface area contributed by atoms with Crippen LogP contribution in [0, 0.1) is 10.8 Å². The highest BCUT2D eigenvalue weighted by Gasteiger charge is 2.48. The number of allylic oxidation sites excluding steroid dienone is 2. The summed E-state index contributed by atoms with van der Waals surface area (Å²) in [6.45, 7) is 6.11. The van der Waals surface area contributed by atoms with Crippen LogP contribution >= 0.6 is 0 Å². The van der Waals surface area contributed by atoms with Crippen molar-refractivity contribution in [1.29, 1.82) is 0 Å². The SMILES string of the molecule is CC1(C=CCOCC=CC2(C)CCC3OC3C2)CCC2OC2C1. The van der Waals surface area contributed by atoms with E-state index < -0.39 is 0 Å². The molecule has 0 N–H and O–H groups in total. The molecule has 23 heavy (non-hydrogen) atoms. The van der Waals surface area contributed by atoms with Crippen molar-refractivity contribution >= 4 is 0 Å². The van der Waals surface area contributed by atoms with Gasteiger partial charge in [-0.15, -0.1) is 0 Å². The van der Waals surface area contributed by atoms with Crippen LogP contribution in [0.4, 0.5) is 0 Å². The summed E-state index contributed by atoms with van der Waals surface area (Å²) in [6.07, 6.45) is 18.6. The van der Waals surface area contributed by atoms with Gasteiger partial charge in [-0.25, -0.2) is 0 Å². The molecule has 4 aliphatic rings. The van der Waals surface area contributed by atoms with Gasteiger partial charge < -0.3 is 14.2 Å². The van der Waals surface area contributed by atoms with E-state index in [4.69, 9.17) is 14.2 Å². The van der Waals surface area contributed by atoms with Gasteiger partial charge in [0.2, 0.25) is 0 Å². The number of rotatable bonds is 6. The van der Waals surface area contributed by atoms with Gasteiger partial charge in [-0.2, -0.15) is 0 Å². The van der Waals surface area contributed by atoms with Gasteiger partial charge in [0, 0.05) is 0 Å². The van der Waals surface area contributed by atoms with Crippen LogP contribution in [0.3, 0.4) is 0 Å². The summed E-state index contributed by atoms with van der Waals surface area (Å²) in [5, 5.41) is 0. The fourth-order valence-electron chi connectivity index (χ4n) is 4.46. The number of hydrogen-bond acceptors (Lipinski definition) is 3. The molecule has 4 rings (SSSR count). The molecule has 6 atom stereocenters. The molecule has 0 aromatic heterocycles. The summed E-state index contributed by atoms with van der Waals surface area (Å²) in [4.78, 5) is 0. The molecule has 0 spiro atoms. The van der Waals surface area contributed by atoms with Gasteiger partial charge in [-0.1, -0.05) is 38.2 Å². The summed E-state index contributed by atoms with van der Waals surface area (Å²) in [6, 6.07) is 0. The average molecular weight is 318 g/mol. The van der Waals surface area contributed by atoms with Gasteiger partial charge in [0.25, 0.3) is 0 Å². The number of ether oxygens (including phenoxy) is 3. The maximum atomic E-state index is 5.74. The molecule has 6 unspecified atom stereocenters. The zero-order valence-corrected chi connectivity index (χ0v) is 14.5. The number of epoxide rings is 2. The Bertz CT molecular complexity index is 455. The topological polar surface area (TPSA) is 34.3 Å². The molecular weight excluding hydrogens is 288 g/mol. The van der Waals surface area contributed by atoms with Gasteiger partial charge in [0.15, 0.2) is 0 Å². The van der Waals surface area contributed by atoms with Crippen LogP contribution in [0.2, 0.25) is 0 Å². The molecule has 128 valence electrons. The van der Waals surface area contributed by atoms with E-state index in [1.165, 1.54) is 38.5 Å². The van der Waals surface area contributed by atoms with Crippen molar-refractivity contribution in [2.24, 2.45) is 10.8 Å². The number of hydrogen-bond donors (Lipinski definition) is 0. The first-order valence-corrected chi connectivity index (χ1v) is 9.29. The third-order valence-corrected chi connectivity index (χ3v) is 6.18. The predicted molar refractivity (Wildman–Crippen MR) is 90.3 cm³/mol. The molecule has 2 aliphatic heterocycles. The van der Waals surface area contributed by atoms with Gasteiger partial charge in [0.05, 0.1) is 37.6 Å². The molecule has 2 heterocycles. The van der Waals surface area contributed by atoms with Crippen LogP contribution in [0.5, 0.6) is 0 Å². The first kappa shape index (κ1) is 15.9. The van der Waals surface area contributed by atoms with Crippen LogP contribution in [0.15, 0.2) is 24.3 Å². The van der Waals surface area contributed by atoms with Gasteiger partial charge >= 0.3 is 0 Å². The van der Waals surface area contributed by atoms with Crippen molar-refractivity contribution in [3.8, 4) is 0 Å². The highest BCUT2D eigenvalue weighted by molar-refractivity contribution is 5.07. The molecule has 0 bridgehead atoms. The van der Waals surface area contributed by atoms with Gasteiger partial charge in [-0.3, -0.25) is 0 Å². The second-order valence-corrected chi connectivity index (χ2v) is 8.56. The quantitative estimate of drug-likeness (QED) is 0.421. The van der Waals surface area contributed by atoms with Gasteiger partial charge in [0.1, 0.15) is 0 Å². The maximum Gasteiger partial charge on any atom is 0.0850 e. The van der Waals surface area contributed by atoms with E-state index >= 15 is 0 Å². The minimum Gasteiger partial charge on any atom is -0.373 e. The molecular formula is C20H30O3. The van der Waals surface area contributed by atoms with Crippen LogP contribution in [-0.4, -0.2) is 37.6 Å². The zero-order chi connectivity index (χ0) is 15.9. The Kier molecular flexibility index (Phi) is 4.15. The van der Waals surface area contributed by atoms with Crippen LogP contribution in [-0.2, 0) is 14.2 Å².